The van der Waals surface area contributed by atoms with Gasteiger partial charge in [-0.15, -0.1) is 0 Å². The molecule has 2 atom stereocenters. The van der Waals surface area contributed by atoms with Crippen molar-refractivity contribution in [1.82, 2.24) is 10.4 Å². The second kappa shape index (κ2) is 11.3. The average Bonchev–Trinajstić information content (AvgIpc) is 2.61. The molecule has 0 aromatic heterocycles. The first-order valence-electron chi connectivity index (χ1n) is 10.6. The van der Waals surface area contributed by atoms with Crippen LogP contribution in [-0.4, -0.2) is 58.3 Å². The first-order chi connectivity index (χ1) is 13.5. The number of alkyl carbamates (subject to hydrolysis) is 1. The first-order valence-corrected chi connectivity index (χ1v) is 13.5. The van der Waals surface area contributed by atoms with Crippen LogP contribution >= 0.6 is 0 Å². The molecular formula is C22H44N2O5Si. The average molecular weight is 445 g/mol. The molecule has 0 rings (SSSR count). The van der Waals surface area contributed by atoms with Crippen molar-refractivity contribution in [3.8, 4) is 0 Å². The van der Waals surface area contributed by atoms with E-state index in [1.807, 2.05) is 19.9 Å². The number of hydroxylamine groups is 2. The molecule has 1 unspecified atom stereocenters. The summed E-state index contributed by atoms with van der Waals surface area (Å²) < 4.78 is 12.7. The van der Waals surface area contributed by atoms with Crippen molar-refractivity contribution in [3.05, 3.63) is 11.6 Å². The Morgan fingerprint density at radius 1 is 1.13 bits per heavy atom. The standard InChI is InChI=1S/C22H44N2O5Si/c1-13-16(14-2)18(28-20(26)23-15-17(25)24(9)27-10)19(21(3,4)5)29-30(11,12)22(6,7)8/h13,18-19H,14-15H2,1-12H3,(H,23,26)/t18?,19-/m1/s1. The van der Waals surface area contributed by atoms with Gasteiger partial charge in [-0.05, 0) is 42.5 Å². The topological polar surface area (TPSA) is 77.1 Å². The maximum absolute atomic E-state index is 12.6. The van der Waals surface area contributed by atoms with Crippen LogP contribution < -0.4 is 5.32 Å². The van der Waals surface area contributed by atoms with Gasteiger partial charge in [-0.1, -0.05) is 54.5 Å². The van der Waals surface area contributed by atoms with Crippen molar-refractivity contribution in [3.63, 3.8) is 0 Å². The lowest BCUT2D eigenvalue weighted by Crippen LogP contribution is -2.53. The van der Waals surface area contributed by atoms with E-state index in [2.05, 4.69) is 60.0 Å². The number of rotatable bonds is 9. The Morgan fingerprint density at radius 2 is 1.67 bits per heavy atom. The summed E-state index contributed by atoms with van der Waals surface area (Å²) >= 11 is 0. The molecule has 0 saturated heterocycles. The molecule has 8 heteroatoms. The van der Waals surface area contributed by atoms with Crippen molar-refractivity contribution < 1.29 is 23.6 Å². The number of nitrogens with one attached hydrogen (secondary N) is 1. The van der Waals surface area contributed by atoms with Crippen molar-refractivity contribution >= 4 is 20.3 Å². The number of hydrogen-bond acceptors (Lipinski definition) is 5. The number of ether oxygens (including phenoxy) is 1. The summed E-state index contributed by atoms with van der Waals surface area (Å²) in [5, 5.41) is 3.60. The van der Waals surface area contributed by atoms with E-state index in [9.17, 15) is 9.59 Å². The lowest BCUT2D eigenvalue weighted by Gasteiger charge is -2.46. The molecule has 0 spiro atoms. The van der Waals surface area contributed by atoms with Crippen LogP contribution in [0.25, 0.3) is 0 Å². The third kappa shape index (κ3) is 8.39. The van der Waals surface area contributed by atoms with Gasteiger partial charge in [0.15, 0.2) is 14.4 Å². The Kier molecular flexibility index (Phi) is 10.8. The molecule has 0 aromatic carbocycles. The van der Waals surface area contributed by atoms with Gasteiger partial charge in [0.1, 0.15) is 6.54 Å². The van der Waals surface area contributed by atoms with Crippen molar-refractivity contribution in [2.75, 3.05) is 20.7 Å². The third-order valence-corrected chi connectivity index (χ3v) is 10.2. The number of amides is 2. The van der Waals surface area contributed by atoms with E-state index in [1.165, 1.54) is 14.2 Å². The number of nitrogens with zero attached hydrogens (tertiary/aromatic N) is 1. The van der Waals surface area contributed by atoms with E-state index in [-0.39, 0.29) is 29.0 Å². The Morgan fingerprint density at radius 3 is 2.03 bits per heavy atom. The molecule has 0 aliphatic rings. The molecule has 0 fully saturated rings. The Labute approximate surface area is 184 Å². The van der Waals surface area contributed by atoms with E-state index in [0.29, 0.717) is 0 Å². The van der Waals surface area contributed by atoms with Crippen molar-refractivity contribution in [2.24, 2.45) is 5.41 Å². The summed E-state index contributed by atoms with van der Waals surface area (Å²) in [6, 6.07) is 0. The summed E-state index contributed by atoms with van der Waals surface area (Å²) in [4.78, 5) is 29.3. The SMILES string of the molecule is CC=C(CC)C(OC(=O)NCC(=O)N(C)OC)[C@@H](O[Si](C)(C)C(C)(C)C)C(C)(C)C. The number of hydrogen-bond donors (Lipinski definition) is 1. The van der Waals surface area contributed by atoms with E-state index in [4.69, 9.17) is 14.0 Å². The molecule has 0 aliphatic heterocycles. The highest BCUT2D eigenvalue weighted by Crippen LogP contribution is 2.41. The number of allylic oxidation sites excluding steroid dienone is 1. The molecule has 2 amide bonds. The van der Waals surface area contributed by atoms with Crippen molar-refractivity contribution in [1.29, 1.82) is 0 Å². The van der Waals surface area contributed by atoms with E-state index >= 15 is 0 Å². The summed E-state index contributed by atoms with van der Waals surface area (Å²) in [5.41, 5.74) is 0.722. The second-order valence-corrected chi connectivity index (χ2v) is 14.9. The predicted molar refractivity (Wildman–Crippen MR) is 124 cm³/mol. The molecule has 0 aliphatic carbocycles. The van der Waals surface area contributed by atoms with E-state index < -0.39 is 20.5 Å². The minimum absolute atomic E-state index is 0.0166. The minimum Gasteiger partial charge on any atom is -0.439 e. The van der Waals surface area contributed by atoms with Crippen LogP contribution in [0.3, 0.4) is 0 Å². The summed E-state index contributed by atoms with van der Waals surface area (Å²) in [6.45, 7) is 21.0. The Bertz CT molecular complexity index is 606. The molecule has 1 N–H and O–H groups in total. The largest absolute Gasteiger partial charge is 0.439 e. The molecule has 176 valence electrons. The highest BCUT2D eigenvalue weighted by atomic mass is 28.4. The number of carbonyl (C=O) groups excluding carboxylic acids is 2. The van der Waals surface area contributed by atoms with Gasteiger partial charge in [0, 0.05) is 7.05 Å². The zero-order valence-electron chi connectivity index (χ0n) is 21.1. The fraction of sp³-hybridized carbons (Fsp3) is 0.818. The van der Waals surface area contributed by atoms with Gasteiger partial charge in [-0.2, -0.15) is 0 Å². The highest BCUT2D eigenvalue weighted by Gasteiger charge is 2.46. The number of likely N-dealkylation sites (N-methyl/N-ethyl adjacent to an activating group) is 1. The van der Waals surface area contributed by atoms with Crippen molar-refractivity contribution in [2.45, 2.75) is 92.2 Å². The zero-order valence-corrected chi connectivity index (χ0v) is 22.1. The zero-order chi connectivity index (χ0) is 23.9. The van der Waals surface area contributed by atoms with Crippen LogP contribution in [0.1, 0.15) is 61.8 Å². The molecular weight excluding hydrogens is 400 g/mol. The first kappa shape index (κ1) is 28.6. The Balaban J connectivity index is 5.78. The summed E-state index contributed by atoms with van der Waals surface area (Å²) in [5.74, 6) is -0.377. The quantitative estimate of drug-likeness (QED) is 0.311. The van der Waals surface area contributed by atoms with E-state index in [0.717, 1.165) is 17.1 Å². The van der Waals surface area contributed by atoms with Gasteiger partial charge < -0.3 is 14.5 Å². The maximum atomic E-state index is 12.6. The molecule has 0 radical (unpaired) electrons. The predicted octanol–water partition coefficient (Wildman–Crippen LogP) is 4.89. The van der Waals surface area contributed by atoms with Crippen LogP contribution in [0.2, 0.25) is 18.1 Å². The monoisotopic (exact) mass is 444 g/mol. The van der Waals surface area contributed by atoms with Gasteiger partial charge in [0.2, 0.25) is 0 Å². The lowest BCUT2D eigenvalue weighted by atomic mass is 9.82. The number of carbonyl (C=O) groups is 2. The van der Waals surface area contributed by atoms with Crippen LogP contribution in [0.5, 0.6) is 0 Å². The van der Waals surface area contributed by atoms with Gasteiger partial charge >= 0.3 is 6.09 Å². The summed E-state index contributed by atoms with van der Waals surface area (Å²) in [6.07, 6.45) is 1.18. The van der Waals surface area contributed by atoms with Gasteiger partial charge in [-0.25, -0.2) is 9.86 Å². The fourth-order valence-corrected chi connectivity index (χ4v) is 4.07. The van der Waals surface area contributed by atoms with Gasteiger partial charge in [-0.3, -0.25) is 9.63 Å². The molecule has 7 nitrogen and oxygen atoms in total. The molecule has 30 heavy (non-hydrogen) atoms. The highest BCUT2D eigenvalue weighted by molar-refractivity contribution is 6.74. The molecule has 0 aromatic rings. The fourth-order valence-electron chi connectivity index (χ4n) is 2.61. The summed E-state index contributed by atoms with van der Waals surface area (Å²) in [7, 11) is 0.733. The Hall–Kier alpha value is -1.38. The van der Waals surface area contributed by atoms with Crippen LogP contribution in [-0.2, 0) is 18.8 Å². The van der Waals surface area contributed by atoms with Crippen LogP contribution in [0, 0.1) is 5.41 Å². The molecule has 0 saturated carbocycles. The third-order valence-electron chi connectivity index (χ3n) is 5.74. The maximum Gasteiger partial charge on any atom is 0.408 e. The van der Waals surface area contributed by atoms with E-state index in [1.54, 1.807) is 0 Å². The van der Waals surface area contributed by atoms with Crippen LogP contribution in [0.4, 0.5) is 4.79 Å². The normalized spacial score (nSPS) is 15.4. The van der Waals surface area contributed by atoms with Gasteiger partial charge in [0.05, 0.1) is 13.2 Å². The second-order valence-electron chi connectivity index (χ2n) is 10.1. The minimum atomic E-state index is -2.14. The van der Waals surface area contributed by atoms with Gasteiger partial charge in [0.25, 0.3) is 5.91 Å². The molecule has 0 heterocycles. The smallest absolute Gasteiger partial charge is 0.408 e. The lowest BCUT2D eigenvalue weighted by molar-refractivity contribution is -0.167. The molecule has 0 bridgehead atoms. The van der Waals surface area contributed by atoms with Crippen LogP contribution in [0.15, 0.2) is 11.6 Å².